The monoisotopic (exact) mass is 158 g/mol. The van der Waals surface area contributed by atoms with Crippen LogP contribution in [0.25, 0.3) is 0 Å². The van der Waals surface area contributed by atoms with E-state index in [-0.39, 0.29) is 12.6 Å². The van der Waals surface area contributed by atoms with Crippen LogP contribution in [0.2, 0.25) is 0 Å². The van der Waals surface area contributed by atoms with E-state index < -0.39 is 0 Å². The lowest BCUT2D eigenvalue weighted by Gasteiger charge is -2.27. The van der Waals surface area contributed by atoms with E-state index in [0.29, 0.717) is 5.92 Å². The molecular formula is C8H18N2O. The predicted molar refractivity (Wildman–Crippen MR) is 45.3 cm³/mol. The summed E-state index contributed by atoms with van der Waals surface area (Å²) >= 11 is 0. The first kappa shape index (κ1) is 8.97. The topological polar surface area (TPSA) is 58.3 Å². The van der Waals surface area contributed by atoms with Gasteiger partial charge in [0.15, 0.2) is 0 Å². The summed E-state index contributed by atoms with van der Waals surface area (Å²) in [5.74, 6) is 0.580. The second-order valence-electron chi connectivity index (χ2n) is 3.28. The van der Waals surface area contributed by atoms with Gasteiger partial charge in [-0.25, -0.2) is 0 Å². The molecular weight excluding hydrogens is 140 g/mol. The van der Waals surface area contributed by atoms with Gasteiger partial charge in [0.05, 0.1) is 0 Å². The van der Waals surface area contributed by atoms with Crippen LogP contribution < -0.4 is 11.1 Å². The van der Waals surface area contributed by atoms with Crippen LogP contribution in [-0.4, -0.2) is 30.8 Å². The van der Waals surface area contributed by atoms with Crippen molar-refractivity contribution in [2.24, 2.45) is 11.7 Å². The van der Waals surface area contributed by atoms with Crippen LogP contribution in [0.5, 0.6) is 0 Å². The average molecular weight is 158 g/mol. The molecule has 4 N–H and O–H groups in total. The maximum Gasteiger partial charge on any atom is 0.0445 e. The molecule has 0 unspecified atom stereocenters. The van der Waals surface area contributed by atoms with Crippen molar-refractivity contribution >= 4 is 0 Å². The lowest BCUT2D eigenvalue weighted by atomic mass is 9.91. The van der Waals surface area contributed by atoms with E-state index in [0.717, 1.165) is 19.5 Å². The van der Waals surface area contributed by atoms with Crippen molar-refractivity contribution in [3.05, 3.63) is 0 Å². The number of rotatable bonds is 3. The van der Waals surface area contributed by atoms with Crippen molar-refractivity contribution in [2.75, 3.05) is 19.7 Å². The molecule has 0 aromatic heterocycles. The highest BCUT2D eigenvalue weighted by atomic mass is 16.3. The Morgan fingerprint density at radius 3 is 3.00 bits per heavy atom. The fourth-order valence-corrected chi connectivity index (χ4v) is 1.63. The first-order chi connectivity index (χ1) is 5.34. The molecule has 1 aliphatic heterocycles. The number of nitrogens with two attached hydrogens (primary N) is 1. The Morgan fingerprint density at radius 1 is 1.64 bits per heavy atom. The van der Waals surface area contributed by atoms with Gasteiger partial charge in [0.2, 0.25) is 0 Å². The Labute approximate surface area is 68.0 Å². The highest BCUT2D eigenvalue weighted by Gasteiger charge is 2.19. The molecule has 0 bridgehead atoms. The maximum atomic E-state index is 8.67. The standard InChI is InChI=1S/C8H18N2O/c9-8(3-5-11)7-2-1-4-10-6-7/h7-8,10-11H,1-6,9H2/t7-,8+/m1/s1. The zero-order valence-electron chi connectivity index (χ0n) is 6.92. The van der Waals surface area contributed by atoms with Crippen molar-refractivity contribution in [2.45, 2.75) is 25.3 Å². The summed E-state index contributed by atoms with van der Waals surface area (Å²) in [5.41, 5.74) is 5.86. The SMILES string of the molecule is N[C@@H](CCO)[C@@H]1CCCNC1. The van der Waals surface area contributed by atoms with Gasteiger partial charge in [0.1, 0.15) is 0 Å². The molecule has 1 saturated heterocycles. The quantitative estimate of drug-likeness (QED) is 0.528. The number of hydrogen-bond acceptors (Lipinski definition) is 3. The van der Waals surface area contributed by atoms with Gasteiger partial charge in [-0.3, -0.25) is 0 Å². The summed E-state index contributed by atoms with van der Waals surface area (Å²) in [7, 11) is 0. The first-order valence-electron chi connectivity index (χ1n) is 4.41. The number of nitrogens with one attached hydrogen (secondary N) is 1. The minimum absolute atomic E-state index is 0.188. The molecule has 3 nitrogen and oxygen atoms in total. The maximum absolute atomic E-state index is 8.67. The Morgan fingerprint density at radius 2 is 2.45 bits per heavy atom. The van der Waals surface area contributed by atoms with E-state index in [2.05, 4.69) is 5.32 Å². The predicted octanol–water partition coefficient (Wildman–Crippen LogP) is -0.304. The Bertz CT molecular complexity index is 102. The molecule has 0 radical (unpaired) electrons. The van der Waals surface area contributed by atoms with Crippen LogP contribution in [0.4, 0.5) is 0 Å². The van der Waals surface area contributed by atoms with Gasteiger partial charge in [-0.2, -0.15) is 0 Å². The largest absolute Gasteiger partial charge is 0.396 e. The van der Waals surface area contributed by atoms with Crippen LogP contribution in [0.3, 0.4) is 0 Å². The van der Waals surface area contributed by atoms with Crippen molar-refractivity contribution in [1.29, 1.82) is 0 Å². The molecule has 11 heavy (non-hydrogen) atoms. The molecule has 0 aromatic rings. The lowest BCUT2D eigenvalue weighted by Crippen LogP contribution is -2.41. The van der Waals surface area contributed by atoms with Crippen LogP contribution in [0.15, 0.2) is 0 Å². The number of hydrogen-bond donors (Lipinski definition) is 3. The van der Waals surface area contributed by atoms with Gasteiger partial charge in [0, 0.05) is 12.6 Å². The molecule has 1 fully saturated rings. The molecule has 0 saturated carbocycles. The number of piperidine rings is 1. The van der Waals surface area contributed by atoms with Crippen molar-refractivity contribution in [3.8, 4) is 0 Å². The first-order valence-corrected chi connectivity index (χ1v) is 4.41. The van der Waals surface area contributed by atoms with Gasteiger partial charge >= 0.3 is 0 Å². The molecule has 1 heterocycles. The van der Waals surface area contributed by atoms with Gasteiger partial charge < -0.3 is 16.2 Å². The van der Waals surface area contributed by atoms with E-state index in [1.165, 1.54) is 12.8 Å². The molecule has 0 aromatic carbocycles. The second-order valence-corrected chi connectivity index (χ2v) is 3.28. The molecule has 0 spiro atoms. The minimum atomic E-state index is 0.188. The Hall–Kier alpha value is -0.120. The summed E-state index contributed by atoms with van der Waals surface area (Å²) in [6, 6.07) is 0.188. The van der Waals surface area contributed by atoms with Gasteiger partial charge in [0.25, 0.3) is 0 Å². The average Bonchev–Trinajstić information content (AvgIpc) is 2.07. The van der Waals surface area contributed by atoms with Crippen LogP contribution in [0.1, 0.15) is 19.3 Å². The third-order valence-corrected chi connectivity index (χ3v) is 2.40. The van der Waals surface area contributed by atoms with Crippen molar-refractivity contribution < 1.29 is 5.11 Å². The van der Waals surface area contributed by atoms with Gasteiger partial charge in [-0.05, 0) is 38.3 Å². The fourth-order valence-electron chi connectivity index (χ4n) is 1.63. The van der Waals surface area contributed by atoms with Crippen molar-refractivity contribution in [3.63, 3.8) is 0 Å². The minimum Gasteiger partial charge on any atom is -0.396 e. The molecule has 1 rings (SSSR count). The van der Waals surface area contributed by atoms with E-state index >= 15 is 0 Å². The van der Waals surface area contributed by atoms with Crippen LogP contribution in [0, 0.1) is 5.92 Å². The summed E-state index contributed by atoms with van der Waals surface area (Å²) in [6.07, 6.45) is 3.18. The summed E-state index contributed by atoms with van der Waals surface area (Å²) in [6.45, 7) is 2.38. The van der Waals surface area contributed by atoms with E-state index in [4.69, 9.17) is 10.8 Å². The molecule has 2 atom stereocenters. The molecule has 1 aliphatic rings. The van der Waals surface area contributed by atoms with E-state index in [9.17, 15) is 0 Å². The molecule has 0 amide bonds. The van der Waals surface area contributed by atoms with E-state index in [1.54, 1.807) is 0 Å². The third-order valence-electron chi connectivity index (χ3n) is 2.40. The normalized spacial score (nSPS) is 28.4. The van der Waals surface area contributed by atoms with Crippen LogP contribution >= 0.6 is 0 Å². The highest BCUT2D eigenvalue weighted by molar-refractivity contribution is 4.78. The summed E-state index contributed by atoms with van der Waals surface area (Å²) < 4.78 is 0. The third kappa shape index (κ3) is 2.77. The molecule has 66 valence electrons. The zero-order valence-corrected chi connectivity index (χ0v) is 6.92. The van der Waals surface area contributed by atoms with Crippen molar-refractivity contribution in [1.82, 2.24) is 5.32 Å². The number of aliphatic hydroxyl groups is 1. The summed E-state index contributed by atoms with van der Waals surface area (Å²) in [5, 5.41) is 12.0. The highest BCUT2D eigenvalue weighted by Crippen LogP contribution is 2.14. The Balaban J connectivity index is 2.21. The summed E-state index contributed by atoms with van der Waals surface area (Å²) in [4.78, 5) is 0. The zero-order chi connectivity index (χ0) is 8.10. The van der Waals surface area contributed by atoms with Crippen LogP contribution in [-0.2, 0) is 0 Å². The Kier molecular flexibility index (Phi) is 3.83. The molecule has 3 heteroatoms. The van der Waals surface area contributed by atoms with E-state index in [1.807, 2.05) is 0 Å². The smallest absolute Gasteiger partial charge is 0.0445 e. The lowest BCUT2D eigenvalue weighted by molar-refractivity contribution is 0.237. The second kappa shape index (κ2) is 4.70. The fraction of sp³-hybridized carbons (Fsp3) is 1.00. The van der Waals surface area contributed by atoms with Gasteiger partial charge in [-0.1, -0.05) is 0 Å². The molecule has 0 aliphatic carbocycles. The number of aliphatic hydroxyl groups excluding tert-OH is 1. The van der Waals surface area contributed by atoms with Gasteiger partial charge in [-0.15, -0.1) is 0 Å².